The van der Waals surface area contributed by atoms with Gasteiger partial charge in [-0.1, -0.05) is 6.07 Å². The second-order valence-corrected chi connectivity index (χ2v) is 12.0. The number of hydrogen-bond acceptors (Lipinski definition) is 21. The maximum Gasteiger partial charge on any atom is 0.338 e. The Morgan fingerprint density at radius 3 is 1.44 bits per heavy atom. The molecule has 300 valence electrons. The van der Waals surface area contributed by atoms with E-state index in [1.165, 1.54) is 6.07 Å². The Morgan fingerprint density at radius 2 is 0.982 bits per heavy atom. The van der Waals surface area contributed by atoms with Gasteiger partial charge in [0.1, 0.15) is 12.7 Å². The third-order valence-corrected chi connectivity index (χ3v) is 8.04. The van der Waals surface area contributed by atoms with Gasteiger partial charge in [-0.2, -0.15) is 0 Å². The third-order valence-electron chi connectivity index (χ3n) is 8.04. The van der Waals surface area contributed by atoms with E-state index < -0.39 is 141 Å². The highest BCUT2D eigenvalue weighted by molar-refractivity contribution is 5.93. The molecule has 12 N–H and O–H groups in total. The van der Waals surface area contributed by atoms with Crippen LogP contribution in [0.15, 0.2) is 60.7 Å². The summed E-state index contributed by atoms with van der Waals surface area (Å²) in [6.07, 6.45) is -8.87. The molecule has 1 aliphatic heterocycles. The monoisotopic (exact) mass is 798 g/mol. The molecule has 1 heterocycles. The van der Waals surface area contributed by atoms with Crippen molar-refractivity contribution in [2.45, 2.75) is 30.7 Å². The number of benzene rings is 4. The van der Waals surface area contributed by atoms with Crippen LogP contribution in [0.5, 0.6) is 63.2 Å². The molecule has 0 bridgehead atoms. The number of phenolic OH excluding ortho intramolecular Hbond substituents is 11. The first kappa shape index (κ1) is 40.4. The van der Waals surface area contributed by atoms with Crippen LogP contribution < -0.4 is 0 Å². The molecule has 1 aliphatic rings. The molecular weight excluding hydrogens is 768 g/mol. The van der Waals surface area contributed by atoms with Crippen molar-refractivity contribution in [2.24, 2.45) is 0 Å². The molecule has 5 atom stereocenters. The van der Waals surface area contributed by atoms with Crippen LogP contribution in [-0.4, -0.2) is 122 Å². The van der Waals surface area contributed by atoms with Gasteiger partial charge in [0, 0.05) is 6.08 Å². The summed E-state index contributed by atoms with van der Waals surface area (Å²) in [4.78, 5) is 52.7. The van der Waals surface area contributed by atoms with Crippen molar-refractivity contribution < 1.29 is 104 Å². The van der Waals surface area contributed by atoms with Gasteiger partial charge in [-0.15, -0.1) is 0 Å². The lowest BCUT2D eigenvalue weighted by molar-refractivity contribution is -0.289. The van der Waals surface area contributed by atoms with Crippen molar-refractivity contribution in [3.63, 3.8) is 0 Å². The Balaban J connectivity index is 1.52. The average Bonchev–Trinajstić information content (AvgIpc) is 3.16. The minimum atomic E-state index is -2.32. The van der Waals surface area contributed by atoms with Gasteiger partial charge in [0.15, 0.2) is 81.6 Å². The lowest BCUT2D eigenvalue weighted by Crippen LogP contribution is -2.62. The molecule has 0 spiro atoms. The number of hydrogen-bond donors (Lipinski definition) is 12. The molecule has 5 rings (SSSR count). The van der Waals surface area contributed by atoms with Gasteiger partial charge >= 0.3 is 23.9 Å². The fourth-order valence-corrected chi connectivity index (χ4v) is 5.16. The number of aliphatic hydroxyl groups is 1. The van der Waals surface area contributed by atoms with Crippen molar-refractivity contribution in [2.75, 3.05) is 6.61 Å². The van der Waals surface area contributed by atoms with Crippen LogP contribution in [0.2, 0.25) is 0 Å². The van der Waals surface area contributed by atoms with Crippen LogP contribution in [-0.2, 0) is 28.5 Å². The summed E-state index contributed by atoms with van der Waals surface area (Å²) in [5.41, 5.74) is -1.69. The first-order valence-corrected chi connectivity index (χ1v) is 15.9. The van der Waals surface area contributed by atoms with E-state index in [1.807, 2.05) is 0 Å². The number of carbonyl (C=O) groups is 4. The number of aliphatic hydroxyl groups excluding tert-OH is 1. The van der Waals surface area contributed by atoms with E-state index in [0.717, 1.165) is 24.3 Å². The van der Waals surface area contributed by atoms with Crippen molar-refractivity contribution in [3.8, 4) is 63.2 Å². The highest BCUT2D eigenvalue weighted by Gasteiger charge is 2.52. The van der Waals surface area contributed by atoms with E-state index in [1.54, 1.807) is 0 Å². The fourth-order valence-electron chi connectivity index (χ4n) is 5.16. The van der Waals surface area contributed by atoms with Crippen LogP contribution in [0, 0.1) is 0 Å². The SMILES string of the molecule is O=C(/C=C/c1ccc(O)c(O)c1)O[C@H]1O[C@H](COC(=O)c2cc(O)c(O)c(O)c2)[C@@H](OC(=O)c2cc(O)c(O)c(O)c2)[C@H](OC(=O)c2cc(O)c(O)c(O)c2)[C@H]1O. The van der Waals surface area contributed by atoms with Crippen molar-refractivity contribution in [1.29, 1.82) is 0 Å². The number of aromatic hydroxyl groups is 11. The Kier molecular flexibility index (Phi) is 11.6. The smallest absolute Gasteiger partial charge is 0.338 e. The van der Waals surface area contributed by atoms with E-state index >= 15 is 0 Å². The Labute approximate surface area is 317 Å². The van der Waals surface area contributed by atoms with E-state index in [4.69, 9.17) is 23.7 Å². The number of rotatable bonds is 10. The number of ether oxygens (including phenoxy) is 5. The fraction of sp³-hybridized carbons (Fsp3) is 0.167. The first-order valence-electron chi connectivity index (χ1n) is 15.9. The van der Waals surface area contributed by atoms with Gasteiger partial charge < -0.3 is 85.0 Å². The summed E-state index contributed by atoms with van der Waals surface area (Å²) < 4.78 is 26.9. The van der Waals surface area contributed by atoms with Gasteiger partial charge in [-0.3, -0.25) is 0 Å². The zero-order chi connectivity index (χ0) is 41.9. The molecule has 1 fully saturated rings. The predicted octanol–water partition coefficient (Wildman–Crippen LogP) is 1.40. The molecule has 0 aliphatic carbocycles. The summed E-state index contributed by atoms with van der Waals surface area (Å²) in [7, 11) is 0. The van der Waals surface area contributed by atoms with Gasteiger partial charge in [0.2, 0.25) is 6.29 Å². The quantitative estimate of drug-likeness (QED) is 0.0467. The Hall–Kier alpha value is -7.78. The summed E-state index contributed by atoms with van der Waals surface area (Å²) in [5.74, 6) is -15.4. The predicted molar refractivity (Wildman–Crippen MR) is 183 cm³/mol. The van der Waals surface area contributed by atoms with E-state index in [-0.39, 0.29) is 5.56 Å². The summed E-state index contributed by atoms with van der Waals surface area (Å²) in [5, 5.41) is 119. The highest BCUT2D eigenvalue weighted by atomic mass is 16.7. The zero-order valence-electron chi connectivity index (χ0n) is 28.5. The van der Waals surface area contributed by atoms with Crippen LogP contribution in [0.1, 0.15) is 36.6 Å². The first-order chi connectivity index (χ1) is 26.8. The van der Waals surface area contributed by atoms with Gasteiger partial charge in [-0.25, -0.2) is 19.2 Å². The lowest BCUT2D eigenvalue weighted by atomic mass is 9.98. The maximum absolute atomic E-state index is 13.4. The molecule has 21 nitrogen and oxygen atoms in total. The Bertz CT molecular complexity index is 2200. The normalized spacial score (nSPS) is 19.1. The molecule has 57 heavy (non-hydrogen) atoms. The minimum absolute atomic E-state index is 0.175. The van der Waals surface area contributed by atoms with Crippen molar-refractivity contribution >= 4 is 30.0 Å². The molecule has 0 unspecified atom stereocenters. The minimum Gasteiger partial charge on any atom is -0.504 e. The zero-order valence-corrected chi connectivity index (χ0v) is 28.5. The van der Waals surface area contributed by atoms with Crippen LogP contribution in [0.4, 0.5) is 0 Å². The maximum atomic E-state index is 13.4. The van der Waals surface area contributed by atoms with Crippen LogP contribution >= 0.6 is 0 Å². The largest absolute Gasteiger partial charge is 0.504 e. The molecule has 0 radical (unpaired) electrons. The Morgan fingerprint density at radius 1 is 0.544 bits per heavy atom. The van der Waals surface area contributed by atoms with E-state index in [9.17, 15) is 80.5 Å². The molecule has 1 saturated heterocycles. The second kappa shape index (κ2) is 16.3. The third kappa shape index (κ3) is 8.96. The van der Waals surface area contributed by atoms with Gasteiger partial charge in [-0.05, 0) is 60.2 Å². The van der Waals surface area contributed by atoms with Crippen molar-refractivity contribution in [3.05, 3.63) is 82.9 Å². The molecule has 4 aromatic rings. The van der Waals surface area contributed by atoms with Crippen LogP contribution in [0.3, 0.4) is 0 Å². The number of phenols is 11. The number of carbonyl (C=O) groups excluding carboxylic acids is 4. The van der Waals surface area contributed by atoms with Gasteiger partial charge in [0.25, 0.3) is 0 Å². The highest BCUT2D eigenvalue weighted by Crippen LogP contribution is 2.39. The topological polar surface area (TPSA) is 357 Å². The molecular formula is C36H30O21. The average molecular weight is 799 g/mol. The van der Waals surface area contributed by atoms with E-state index in [2.05, 4.69) is 0 Å². The van der Waals surface area contributed by atoms with Crippen molar-refractivity contribution in [1.82, 2.24) is 0 Å². The standard InChI is InChI=1S/C36H30O21/c37-17-3-1-13(5-18(17)38)2-4-26(45)55-36-30(49)32(57-35(52)16-10-23(43)29(48)24(44)11-16)31(56-34(51)15-8-21(41)28(47)22(42)9-15)25(54-36)12-53-33(50)14-6-19(39)27(46)20(40)7-14/h1-11,25,30-32,36-44,46-49H,12H2/b4-2+/t25-,30-,31-,32-,36-/m1/s1. The van der Waals surface area contributed by atoms with E-state index in [0.29, 0.717) is 36.4 Å². The summed E-state index contributed by atoms with van der Waals surface area (Å²) in [6.45, 7) is -1.05. The molecule has 0 aromatic heterocycles. The van der Waals surface area contributed by atoms with Gasteiger partial charge in [0.05, 0.1) is 16.7 Å². The molecule has 4 aromatic carbocycles. The second-order valence-electron chi connectivity index (χ2n) is 12.0. The lowest BCUT2D eigenvalue weighted by Gasteiger charge is -2.42. The summed E-state index contributed by atoms with van der Waals surface area (Å²) >= 11 is 0. The molecule has 0 saturated carbocycles. The summed E-state index contributed by atoms with van der Waals surface area (Å²) in [6, 6.07) is 7.43. The number of esters is 4. The molecule has 0 amide bonds. The van der Waals surface area contributed by atoms with Crippen LogP contribution in [0.25, 0.3) is 6.08 Å². The molecule has 21 heteroatoms.